The zero-order valence-electron chi connectivity index (χ0n) is 14.7. The minimum absolute atomic E-state index is 0.151. The number of carbonyl (C=O) groups excluding carboxylic acids is 2. The average Bonchev–Trinajstić information content (AvgIpc) is 3.16. The molecule has 0 bridgehead atoms. The van der Waals surface area contributed by atoms with Gasteiger partial charge in [-0.2, -0.15) is 0 Å². The number of nitrogens with one attached hydrogen (secondary N) is 2. The molecule has 132 valence electrons. The number of anilines is 1. The smallest absolute Gasteiger partial charge is 0.251 e. The lowest BCUT2D eigenvalue weighted by atomic mass is 10.1. The standard InChI is InChI=1S/C21H21N3O2/c1-14-7-8-18-17(11-14)15(13-23-18)9-10-22-19-12-20(25)24(21(19)26)16-5-3-2-4-6-16/h2-8,11,13,19,22-23H,9-10,12H2,1H3/t19-/m1/s1. The van der Waals surface area contributed by atoms with E-state index < -0.39 is 6.04 Å². The molecule has 1 aromatic heterocycles. The SMILES string of the molecule is Cc1ccc2[nH]cc(CCN[C@@H]3CC(=O)N(c4ccccc4)C3=O)c2c1. The number of nitrogens with zero attached hydrogens (tertiary/aromatic N) is 1. The number of carbonyl (C=O) groups is 2. The number of hydrogen-bond acceptors (Lipinski definition) is 3. The second-order valence-corrected chi connectivity index (χ2v) is 6.73. The van der Waals surface area contributed by atoms with Crippen LogP contribution in [0.25, 0.3) is 10.9 Å². The number of fused-ring (bicyclic) bond motifs is 1. The van der Waals surface area contributed by atoms with Crippen LogP contribution in [-0.4, -0.2) is 29.4 Å². The Hall–Kier alpha value is -2.92. The predicted octanol–water partition coefficient (Wildman–Crippen LogP) is 2.94. The van der Waals surface area contributed by atoms with E-state index in [0.717, 1.165) is 11.9 Å². The van der Waals surface area contributed by atoms with Gasteiger partial charge in [0.15, 0.2) is 0 Å². The van der Waals surface area contributed by atoms with Crippen molar-refractivity contribution in [2.45, 2.75) is 25.8 Å². The summed E-state index contributed by atoms with van der Waals surface area (Å²) >= 11 is 0. The van der Waals surface area contributed by atoms with Gasteiger partial charge in [0.05, 0.1) is 18.2 Å². The number of rotatable bonds is 5. The van der Waals surface area contributed by atoms with Gasteiger partial charge in [-0.1, -0.05) is 29.8 Å². The molecule has 2 amide bonds. The summed E-state index contributed by atoms with van der Waals surface area (Å²) in [5, 5.41) is 4.47. The van der Waals surface area contributed by atoms with Crippen LogP contribution in [0.3, 0.4) is 0 Å². The summed E-state index contributed by atoms with van der Waals surface area (Å²) in [6.07, 6.45) is 3.02. The van der Waals surface area contributed by atoms with Gasteiger partial charge in [-0.15, -0.1) is 0 Å². The Bertz CT molecular complexity index is 962. The Morgan fingerprint density at radius 3 is 2.77 bits per heavy atom. The molecule has 0 saturated carbocycles. The maximum atomic E-state index is 12.6. The predicted molar refractivity (Wildman–Crippen MR) is 102 cm³/mol. The van der Waals surface area contributed by atoms with Crippen molar-refractivity contribution < 1.29 is 9.59 Å². The lowest BCUT2D eigenvalue weighted by Gasteiger charge is -2.15. The highest BCUT2D eigenvalue weighted by atomic mass is 16.2. The Kier molecular flexibility index (Phi) is 4.31. The van der Waals surface area contributed by atoms with Gasteiger partial charge in [0.2, 0.25) is 5.91 Å². The van der Waals surface area contributed by atoms with Crippen LogP contribution in [0.4, 0.5) is 5.69 Å². The van der Waals surface area contributed by atoms with Crippen LogP contribution >= 0.6 is 0 Å². The number of amides is 2. The fourth-order valence-corrected chi connectivity index (χ4v) is 3.52. The van der Waals surface area contributed by atoms with Gasteiger partial charge in [0.25, 0.3) is 5.91 Å². The Labute approximate surface area is 152 Å². The number of H-pyrrole nitrogens is 1. The van der Waals surface area contributed by atoms with Crippen LogP contribution in [0.2, 0.25) is 0 Å². The van der Waals surface area contributed by atoms with Crippen LogP contribution in [0, 0.1) is 6.92 Å². The van der Waals surface area contributed by atoms with Crippen molar-refractivity contribution in [1.82, 2.24) is 10.3 Å². The van der Waals surface area contributed by atoms with E-state index in [4.69, 9.17) is 0 Å². The van der Waals surface area contributed by atoms with Crippen molar-refractivity contribution in [2.24, 2.45) is 0 Å². The highest BCUT2D eigenvalue weighted by Gasteiger charge is 2.38. The first kappa shape index (κ1) is 16.5. The van der Waals surface area contributed by atoms with E-state index in [9.17, 15) is 9.59 Å². The maximum absolute atomic E-state index is 12.6. The fourth-order valence-electron chi connectivity index (χ4n) is 3.52. The first-order valence-electron chi connectivity index (χ1n) is 8.85. The molecule has 1 aliphatic heterocycles. The number of aryl methyl sites for hydroxylation is 1. The van der Waals surface area contributed by atoms with Crippen LogP contribution in [0.1, 0.15) is 17.5 Å². The summed E-state index contributed by atoms with van der Waals surface area (Å²) in [5.74, 6) is -0.322. The molecule has 0 unspecified atom stereocenters. The largest absolute Gasteiger partial charge is 0.361 e. The quantitative estimate of drug-likeness (QED) is 0.698. The third kappa shape index (κ3) is 3.02. The monoisotopic (exact) mass is 347 g/mol. The van der Waals surface area contributed by atoms with Crippen LogP contribution in [-0.2, 0) is 16.0 Å². The molecule has 4 rings (SSSR count). The second-order valence-electron chi connectivity index (χ2n) is 6.73. The van der Waals surface area contributed by atoms with Crippen molar-refractivity contribution in [2.75, 3.05) is 11.4 Å². The molecule has 3 aromatic rings. The Morgan fingerprint density at radius 2 is 1.96 bits per heavy atom. The van der Waals surface area contributed by atoms with Crippen molar-refractivity contribution in [3.05, 3.63) is 65.9 Å². The van der Waals surface area contributed by atoms with E-state index in [1.54, 1.807) is 12.1 Å². The summed E-state index contributed by atoms with van der Waals surface area (Å²) < 4.78 is 0. The number of aromatic amines is 1. The molecule has 2 aromatic carbocycles. The van der Waals surface area contributed by atoms with E-state index in [1.807, 2.05) is 24.4 Å². The molecular weight excluding hydrogens is 326 g/mol. The van der Waals surface area contributed by atoms with Gasteiger partial charge >= 0.3 is 0 Å². The van der Waals surface area contributed by atoms with Gasteiger partial charge in [-0.05, 0) is 43.2 Å². The lowest BCUT2D eigenvalue weighted by Crippen LogP contribution is -2.39. The van der Waals surface area contributed by atoms with Gasteiger partial charge in [0.1, 0.15) is 0 Å². The van der Waals surface area contributed by atoms with Gasteiger partial charge in [0, 0.05) is 23.6 Å². The van der Waals surface area contributed by atoms with E-state index in [1.165, 1.54) is 21.4 Å². The van der Waals surface area contributed by atoms with E-state index >= 15 is 0 Å². The lowest BCUT2D eigenvalue weighted by molar-refractivity contribution is -0.121. The third-order valence-electron chi connectivity index (χ3n) is 4.87. The fraction of sp³-hybridized carbons (Fsp3) is 0.238. The molecule has 1 aliphatic rings. The summed E-state index contributed by atoms with van der Waals surface area (Å²) in [4.78, 5) is 29.4. The molecule has 1 saturated heterocycles. The third-order valence-corrected chi connectivity index (χ3v) is 4.87. The van der Waals surface area contributed by atoms with E-state index in [-0.39, 0.29) is 18.2 Å². The molecule has 0 spiro atoms. The zero-order valence-corrected chi connectivity index (χ0v) is 14.7. The molecule has 2 N–H and O–H groups in total. The normalized spacial score (nSPS) is 17.4. The van der Waals surface area contributed by atoms with Crippen molar-refractivity contribution in [3.8, 4) is 0 Å². The highest BCUT2D eigenvalue weighted by Crippen LogP contribution is 2.23. The summed E-state index contributed by atoms with van der Waals surface area (Å²) in [6, 6.07) is 15.0. The first-order valence-corrected chi connectivity index (χ1v) is 8.85. The molecule has 5 nitrogen and oxygen atoms in total. The number of para-hydroxylation sites is 1. The molecule has 0 aliphatic carbocycles. The summed E-state index contributed by atoms with van der Waals surface area (Å²) in [5.41, 5.74) is 4.20. The minimum Gasteiger partial charge on any atom is -0.361 e. The number of aromatic nitrogens is 1. The molecular formula is C21H21N3O2. The van der Waals surface area contributed by atoms with Crippen LogP contribution in [0.15, 0.2) is 54.7 Å². The summed E-state index contributed by atoms with van der Waals surface area (Å²) in [6.45, 7) is 2.72. The molecule has 2 heterocycles. The molecule has 5 heteroatoms. The van der Waals surface area contributed by atoms with Crippen molar-refractivity contribution >= 4 is 28.4 Å². The first-order chi connectivity index (χ1) is 12.6. The van der Waals surface area contributed by atoms with E-state index in [2.05, 4.69) is 35.4 Å². The second kappa shape index (κ2) is 6.77. The molecule has 26 heavy (non-hydrogen) atoms. The number of benzene rings is 2. The average molecular weight is 347 g/mol. The summed E-state index contributed by atoms with van der Waals surface area (Å²) in [7, 11) is 0. The maximum Gasteiger partial charge on any atom is 0.251 e. The van der Waals surface area contributed by atoms with Gasteiger partial charge < -0.3 is 10.3 Å². The van der Waals surface area contributed by atoms with Gasteiger partial charge in [-0.25, -0.2) is 4.90 Å². The highest BCUT2D eigenvalue weighted by molar-refractivity contribution is 6.22. The number of hydrogen-bond donors (Lipinski definition) is 2. The van der Waals surface area contributed by atoms with E-state index in [0.29, 0.717) is 12.2 Å². The molecule has 1 fully saturated rings. The van der Waals surface area contributed by atoms with Crippen molar-refractivity contribution in [3.63, 3.8) is 0 Å². The van der Waals surface area contributed by atoms with Gasteiger partial charge in [-0.3, -0.25) is 9.59 Å². The minimum atomic E-state index is -0.449. The molecule has 1 atom stereocenters. The number of imide groups is 1. The zero-order chi connectivity index (χ0) is 18.1. The topological polar surface area (TPSA) is 65.2 Å². The Balaban J connectivity index is 1.41. The van der Waals surface area contributed by atoms with Crippen molar-refractivity contribution in [1.29, 1.82) is 0 Å². The Morgan fingerprint density at radius 1 is 1.15 bits per heavy atom. The van der Waals surface area contributed by atoms with Crippen LogP contribution in [0.5, 0.6) is 0 Å². The van der Waals surface area contributed by atoms with Crippen LogP contribution < -0.4 is 10.2 Å². The molecule has 0 radical (unpaired) electrons.